The maximum absolute atomic E-state index is 11.4. The summed E-state index contributed by atoms with van der Waals surface area (Å²) in [7, 11) is 0. The van der Waals surface area contributed by atoms with E-state index in [0.717, 1.165) is 6.08 Å². The van der Waals surface area contributed by atoms with E-state index in [0.29, 0.717) is 0 Å². The van der Waals surface area contributed by atoms with Crippen molar-refractivity contribution in [2.24, 2.45) is 0 Å². The Kier molecular flexibility index (Phi) is 8.21. The zero-order valence-electron chi connectivity index (χ0n) is 10.5. The molecule has 0 unspecified atom stereocenters. The minimum atomic E-state index is -1.04. The van der Waals surface area contributed by atoms with Crippen molar-refractivity contribution in [3.63, 3.8) is 0 Å². The Morgan fingerprint density at radius 3 is 2.21 bits per heavy atom. The summed E-state index contributed by atoms with van der Waals surface area (Å²) in [5, 5.41) is 2.62. The molecule has 0 aliphatic carbocycles. The van der Waals surface area contributed by atoms with Gasteiger partial charge in [0.1, 0.15) is 37.6 Å². The maximum Gasteiger partial charge on any atom is 0.244 e. The molecule has 0 saturated heterocycles. The average molecular weight is 261 g/mol. The van der Waals surface area contributed by atoms with Crippen LogP contribution in [0.4, 0.5) is 0 Å². The quantitative estimate of drug-likeness (QED) is 0.357. The predicted octanol–water partition coefficient (Wildman–Crippen LogP) is -0.108. The lowest BCUT2D eigenvalue weighted by Gasteiger charge is -2.31. The standard InChI is InChI=1S/C14H15NO4/c1-5-9-19-12-14(10-17-7-3,11-18-8-4)15-13(16)6-2/h1,3-4,6H,2,9-12H2,(H,15,16). The van der Waals surface area contributed by atoms with Crippen LogP contribution in [-0.2, 0) is 19.0 Å². The lowest BCUT2D eigenvalue weighted by molar-refractivity contribution is -0.121. The van der Waals surface area contributed by atoms with Crippen molar-refractivity contribution in [3.8, 4) is 37.4 Å². The van der Waals surface area contributed by atoms with Crippen molar-refractivity contribution in [2.45, 2.75) is 5.54 Å². The smallest absolute Gasteiger partial charge is 0.244 e. The summed E-state index contributed by atoms with van der Waals surface area (Å²) in [6, 6.07) is 0. The first kappa shape index (κ1) is 16.4. The average Bonchev–Trinajstić information content (AvgIpc) is 2.43. The highest BCUT2D eigenvalue weighted by molar-refractivity contribution is 5.87. The fourth-order valence-electron chi connectivity index (χ4n) is 1.21. The van der Waals surface area contributed by atoms with E-state index in [-0.39, 0.29) is 26.4 Å². The third kappa shape index (κ3) is 6.68. The lowest BCUT2D eigenvalue weighted by Crippen LogP contribution is -2.57. The first-order valence-electron chi connectivity index (χ1n) is 5.24. The van der Waals surface area contributed by atoms with Gasteiger partial charge in [0, 0.05) is 0 Å². The molecule has 0 heterocycles. The Bertz CT molecular complexity index is 404. The molecule has 100 valence electrons. The second-order valence-electron chi connectivity index (χ2n) is 3.48. The zero-order valence-corrected chi connectivity index (χ0v) is 10.5. The van der Waals surface area contributed by atoms with E-state index < -0.39 is 11.4 Å². The van der Waals surface area contributed by atoms with E-state index in [1.54, 1.807) is 0 Å². The van der Waals surface area contributed by atoms with Crippen LogP contribution in [0.3, 0.4) is 0 Å². The molecule has 0 saturated carbocycles. The molecule has 0 rings (SSSR count). The van der Waals surface area contributed by atoms with Crippen LogP contribution in [0.1, 0.15) is 0 Å². The molecule has 0 aromatic heterocycles. The van der Waals surface area contributed by atoms with Crippen molar-refractivity contribution >= 4 is 5.91 Å². The highest BCUT2D eigenvalue weighted by atomic mass is 16.5. The number of hydrogen-bond acceptors (Lipinski definition) is 4. The SMILES string of the molecule is C#CCOCC(COC#C)(COC#C)NC(=O)C=C. The van der Waals surface area contributed by atoms with Gasteiger partial charge in [-0.3, -0.25) is 4.79 Å². The first-order valence-corrected chi connectivity index (χ1v) is 5.24. The van der Waals surface area contributed by atoms with Gasteiger partial charge in [0.15, 0.2) is 0 Å². The van der Waals surface area contributed by atoms with E-state index in [1.807, 2.05) is 12.2 Å². The molecule has 19 heavy (non-hydrogen) atoms. The molecule has 0 spiro atoms. The fraction of sp³-hybridized carbons (Fsp3) is 0.357. The topological polar surface area (TPSA) is 56.8 Å². The third-order valence-corrected chi connectivity index (χ3v) is 2.00. The van der Waals surface area contributed by atoms with Crippen molar-refractivity contribution < 1.29 is 19.0 Å². The molecule has 1 N–H and O–H groups in total. The number of ether oxygens (including phenoxy) is 3. The van der Waals surface area contributed by atoms with Crippen LogP contribution >= 0.6 is 0 Å². The fourth-order valence-corrected chi connectivity index (χ4v) is 1.21. The molecule has 0 atom stereocenters. The summed E-state index contributed by atoms with van der Waals surface area (Å²) < 4.78 is 14.9. The minimum absolute atomic E-state index is 0.0279. The Labute approximate surface area is 113 Å². The van der Waals surface area contributed by atoms with Gasteiger partial charge in [-0.1, -0.05) is 25.3 Å². The molecule has 0 radical (unpaired) electrons. The summed E-state index contributed by atoms with van der Waals surface area (Å²) in [6.07, 6.45) is 20.2. The van der Waals surface area contributed by atoms with Gasteiger partial charge in [0.2, 0.25) is 5.91 Å². The number of amides is 1. The minimum Gasteiger partial charge on any atom is -0.444 e. The van der Waals surface area contributed by atoms with E-state index in [1.165, 1.54) is 0 Å². The molecule has 1 amide bonds. The van der Waals surface area contributed by atoms with Crippen LogP contribution < -0.4 is 5.32 Å². The van der Waals surface area contributed by atoms with Crippen LogP contribution in [0, 0.1) is 37.4 Å². The summed E-state index contributed by atoms with van der Waals surface area (Å²) in [5.74, 6) is 1.86. The van der Waals surface area contributed by atoms with E-state index in [2.05, 4.69) is 17.8 Å². The summed E-state index contributed by atoms with van der Waals surface area (Å²) in [5.41, 5.74) is -1.04. The molecule has 5 heteroatoms. The third-order valence-electron chi connectivity index (χ3n) is 2.00. The lowest BCUT2D eigenvalue weighted by atomic mass is 10.0. The maximum atomic E-state index is 11.4. The predicted molar refractivity (Wildman–Crippen MR) is 70.3 cm³/mol. The molecule has 0 aliphatic rings. The molecule has 0 bridgehead atoms. The number of carbonyl (C=O) groups excluding carboxylic acids is 1. The van der Waals surface area contributed by atoms with E-state index in [9.17, 15) is 4.79 Å². The second kappa shape index (κ2) is 9.48. The number of carbonyl (C=O) groups is 1. The van der Waals surface area contributed by atoms with Crippen LogP contribution in [0.2, 0.25) is 0 Å². The van der Waals surface area contributed by atoms with Crippen molar-refractivity contribution in [2.75, 3.05) is 26.4 Å². The molecule has 0 fully saturated rings. The van der Waals surface area contributed by atoms with Gasteiger partial charge < -0.3 is 19.5 Å². The Balaban J connectivity index is 4.90. The molecular weight excluding hydrogens is 246 g/mol. The van der Waals surface area contributed by atoms with Gasteiger partial charge in [-0.2, -0.15) is 0 Å². The van der Waals surface area contributed by atoms with Gasteiger partial charge in [-0.15, -0.1) is 6.42 Å². The van der Waals surface area contributed by atoms with Crippen LogP contribution in [-0.4, -0.2) is 37.9 Å². The summed E-state index contributed by atoms with van der Waals surface area (Å²) in [4.78, 5) is 11.4. The Morgan fingerprint density at radius 1 is 1.21 bits per heavy atom. The second-order valence-corrected chi connectivity index (χ2v) is 3.48. The van der Waals surface area contributed by atoms with Crippen LogP contribution in [0.15, 0.2) is 12.7 Å². The van der Waals surface area contributed by atoms with Gasteiger partial charge in [-0.25, -0.2) is 0 Å². The number of hydrogen-bond donors (Lipinski definition) is 1. The van der Waals surface area contributed by atoms with Gasteiger partial charge in [0.25, 0.3) is 0 Å². The van der Waals surface area contributed by atoms with Crippen molar-refractivity contribution in [3.05, 3.63) is 12.7 Å². The first-order chi connectivity index (χ1) is 9.14. The van der Waals surface area contributed by atoms with Crippen LogP contribution in [0.5, 0.6) is 0 Å². The zero-order chi connectivity index (χ0) is 14.6. The highest BCUT2D eigenvalue weighted by Crippen LogP contribution is 2.08. The van der Waals surface area contributed by atoms with E-state index in [4.69, 9.17) is 33.5 Å². The normalized spacial score (nSPS) is 9.32. The van der Waals surface area contributed by atoms with Crippen molar-refractivity contribution in [1.29, 1.82) is 0 Å². The molecular formula is C14H15NO4. The highest BCUT2D eigenvalue weighted by Gasteiger charge is 2.34. The van der Waals surface area contributed by atoms with Gasteiger partial charge in [0.05, 0.1) is 6.61 Å². The number of rotatable bonds is 9. The molecule has 0 aliphatic heterocycles. The summed E-state index contributed by atoms with van der Waals surface area (Å²) >= 11 is 0. The van der Waals surface area contributed by atoms with Gasteiger partial charge >= 0.3 is 0 Å². The number of terminal acetylenes is 3. The summed E-state index contributed by atoms with van der Waals surface area (Å²) in [6.45, 7) is 3.36. The van der Waals surface area contributed by atoms with Crippen molar-refractivity contribution in [1.82, 2.24) is 5.32 Å². The Hall–Kier alpha value is -2.55. The molecule has 0 aromatic rings. The monoisotopic (exact) mass is 261 g/mol. The molecule has 5 nitrogen and oxygen atoms in total. The number of nitrogens with one attached hydrogen (secondary N) is 1. The van der Waals surface area contributed by atoms with E-state index >= 15 is 0 Å². The molecule has 0 aromatic carbocycles. The Morgan fingerprint density at radius 2 is 1.79 bits per heavy atom. The van der Waals surface area contributed by atoms with Crippen LogP contribution in [0.25, 0.3) is 0 Å². The van der Waals surface area contributed by atoms with Gasteiger partial charge in [-0.05, 0) is 6.08 Å². The largest absolute Gasteiger partial charge is 0.444 e.